The van der Waals surface area contributed by atoms with Gasteiger partial charge in [-0.15, -0.1) is 0 Å². The molecule has 1 N–H and O–H groups in total. The van der Waals surface area contributed by atoms with E-state index < -0.39 is 16.1 Å². The Bertz CT molecular complexity index is 882. The highest BCUT2D eigenvalue weighted by Crippen LogP contribution is 2.34. The number of hydrogen-bond donors (Lipinski definition) is 1. The second-order valence-electron chi connectivity index (χ2n) is 9.22. The number of allylic oxidation sites excluding steroid dienone is 1. The summed E-state index contributed by atoms with van der Waals surface area (Å²) < 4.78 is 40.3. The lowest BCUT2D eigenvalue weighted by atomic mass is 9.98. The average molecular weight is 467 g/mol. The third kappa shape index (κ3) is 5.91. The van der Waals surface area contributed by atoms with Gasteiger partial charge in [0.1, 0.15) is 16.7 Å². The molecule has 0 spiro atoms. The number of benzene rings is 1. The van der Waals surface area contributed by atoms with Crippen molar-refractivity contribution < 1.29 is 23.0 Å². The molecule has 1 fully saturated rings. The van der Waals surface area contributed by atoms with Crippen LogP contribution < -0.4 is 4.74 Å². The third-order valence-electron chi connectivity index (χ3n) is 6.45. The SMILES string of the molecule is C/C=C/c1ccc2c(c1)O[C@@H](CN(C)CC1CCOCC1)[C@@H](C)CN([C@H](C)CO)S2(=O)=O. The van der Waals surface area contributed by atoms with Crippen LogP contribution in [0.4, 0.5) is 0 Å². The first kappa shape index (κ1) is 25.2. The molecule has 7 nitrogen and oxygen atoms in total. The van der Waals surface area contributed by atoms with Gasteiger partial charge in [-0.2, -0.15) is 4.31 Å². The fourth-order valence-electron chi connectivity index (χ4n) is 4.51. The predicted octanol–water partition coefficient (Wildman–Crippen LogP) is 2.85. The Balaban J connectivity index is 1.91. The smallest absolute Gasteiger partial charge is 0.247 e. The van der Waals surface area contributed by atoms with Crippen molar-refractivity contribution in [2.75, 3.05) is 46.5 Å². The molecule has 0 unspecified atom stereocenters. The van der Waals surface area contributed by atoms with Gasteiger partial charge in [-0.05, 0) is 57.4 Å². The Morgan fingerprint density at radius 3 is 2.66 bits per heavy atom. The van der Waals surface area contributed by atoms with Crippen LogP contribution in [0.5, 0.6) is 5.75 Å². The molecule has 1 aromatic rings. The number of hydrogen-bond acceptors (Lipinski definition) is 6. The van der Waals surface area contributed by atoms with Crippen LogP contribution in [0.1, 0.15) is 39.2 Å². The summed E-state index contributed by atoms with van der Waals surface area (Å²) in [5.74, 6) is 0.943. The molecule has 180 valence electrons. The highest BCUT2D eigenvalue weighted by atomic mass is 32.2. The van der Waals surface area contributed by atoms with E-state index in [1.54, 1.807) is 25.1 Å². The van der Waals surface area contributed by atoms with Crippen molar-refractivity contribution in [3.05, 3.63) is 29.8 Å². The van der Waals surface area contributed by atoms with E-state index in [4.69, 9.17) is 9.47 Å². The fraction of sp³-hybridized carbons (Fsp3) is 0.667. The summed E-state index contributed by atoms with van der Waals surface area (Å²) in [7, 11) is -1.69. The quantitative estimate of drug-likeness (QED) is 0.666. The number of ether oxygens (including phenoxy) is 2. The molecule has 8 heteroatoms. The summed E-state index contributed by atoms with van der Waals surface area (Å²) in [6.07, 6.45) is 5.81. The summed E-state index contributed by atoms with van der Waals surface area (Å²) in [6.45, 7) is 9.08. The van der Waals surface area contributed by atoms with Crippen LogP contribution in [0.3, 0.4) is 0 Å². The van der Waals surface area contributed by atoms with E-state index in [2.05, 4.69) is 11.9 Å². The number of sulfonamides is 1. The van der Waals surface area contributed by atoms with Crippen molar-refractivity contribution in [2.45, 2.75) is 50.7 Å². The zero-order chi connectivity index (χ0) is 23.3. The molecule has 0 bridgehead atoms. The summed E-state index contributed by atoms with van der Waals surface area (Å²) in [4.78, 5) is 2.46. The van der Waals surface area contributed by atoms with E-state index in [-0.39, 0.29) is 23.5 Å². The lowest BCUT2D eigenvalue weighted by Crippen LogP contribution is -2.50. The van der Waals surface area contributed by atoms with Gasteiger partial charge >= 0.3 is 0 Å². The topological polar surface area (TPSA) is 79.3 Å². The molecule has 1 saturated heterocycles. The minimum absolute atomic E-state index is 0.0468. The maximum atomic E-state index is 13.5. The lowest BCUT2D eigenvalue weighted by molar-refractivity contribution is 0.0402. The van der Waals surface area contributed by atoms with E-state index in [0.29, 0.717) is 24.8 Å². The molecule has 3 atom stereocenters. The number of nitrogens with zero attached hydrogens (tertiary/aromatic N) is 2. The largest absolute Gasteiger partial charge is 0.487 e. The number of aliphatic hydroxyl groups excluding tert-OH is 1. The van der Waals surface area contributed by atoms with Gasteiger partial charge in [0, 0.05) is 44.8 Å². The minimum atomic E-state index is -3.80. The van der Waals surface area contributed by atoms with E-state index in [1.807, 2.05) is 26.0 Å². The molecule has 0 aromatic heterocycles. The summed E-state index contributed by atoms with van der Waals surface area (Å²) >= 11 is 0. The normalized spacial score (nSPS) is 25.8. The Morgan fingerprint density at radius 2 is 2.00 bits per heavy atom. The molecule has 0 saturated carbocycles. The predicted molar refractivity (Wildman–Crippen MR) is 126 cm³/mol. The van der Waals surface area contributed by atoms with E-state index >= 15 is 0 Å². The number of likely N-dealkylation sites (N-methyl/N-ethyl adjacent to an activating group) is 1. The highest BCUT2D eigenvalue weighted by molar-refractivity contribution is 7.89. The molecule has 2 aliphatic rings. The molecule has 2 aliphatic heterocycles. The van der Waals surface area contributed by atoms with Gasteiger partial charge in [0.2, 0.25) is 10.0 Å². The first-order valence-corrected chi connectivity index (χ1v) is 13.0. The van der Waals surface area contributed by atoms with Crippen LogP contribution in [0, 0.1) is 11.8 Å². The highest BCUT2D eigenvalue weighted by Gasteiger charge is 2.38. The fourth-order valence-corrected chi connectivity index (χ4v) is 6.33. The second kappa shape index (κ2) is 11.1. The third-order valence-corrected chi connectivity index (χ3v) is 8.47. The first-order chi connectivity index (χ1) is 15.3. The van der Waals surface area contributed by atoms with Crippen LogP contribution in [-0.2, 0) is 14.8 Å². The maximum Gasteiger partial charge on any atom is 0.247 e. The summed E-state index contributed by atoms with van der Waals surface area (Å²) in [5.41, 5.74) is 0.894. The lowest BCUT2D eigenvalue weighted by Gasteiger charge is -2.38. The molecule has 1 aromatic carbocycles. The van der Waals surface area contributed by atoms with Gasteiger partial charge in [0.15, 0.2) is 0 Å². The van der Waals surface area contributed by atoms with Gasteiger partial charge in [-0.1, -0.05) is 25.1 Å². The van der Waals surface area contributed by atoms with Crippen molar-refractivity contribution in [2.24, 2.45) is 11.8 Å². The van der Waals surface area contributed by atoms with Gasteiger partial charge in [0.25, 0.3) is 0 Å². The molecule has 0 amide bonds. The van der Waals surface area contributed by atoms with Crippen LogP contribution in [0.15, 0.2) is 29.2 Å². The van der Waals surface area contributed by atoms with Crippen molar-refractivity contribution in [1.82, 2.24) is 9.21 Å². The minimum Gasteiger partial charge on any atom is -0.487 e. The van der Waals surface area contributed by atoms with E-state index in [9.17, 15) is 13.5 Å². The first-order valence-electron chi connectivity index (χ1n) is 11.6. The van der Waals surface area contributed by atoms with Gasteiger partial charge < -0.3 is 19.5 Å². The van der Waals surface area contributed by atoms with Gasteiger partial charge in [-0.3, -0.25) is 0 Å². The molecule has 0 radical (unpaired) electrons. The maximum absolute atomic E-state index is 13.5. The van der Waals surface area contributed by atoms with Crippen LogP contribution >= 0.6 is 0 Å². The summed E-state index contributed by atoms with van der Waals surface area (Å²) in [5, 5.41) is 9.76. The number of rotatable bonds is 7. The van der Waals surface area contributed by atoms with Crippen molar-refractivity contribution in [1.29, 1.82) is 0 Å². The molecule has 3 rings (SSSR count). The molecule has 32 heavy (non-hydrogen) atoms. The van der Waals surface area contributed by atoms with Crippen LogP contribution in [0.2, 0.25) is 0 Å². The Hall–Kier alpha value is -1.45. The number of aliphatic hydroxyl groups is 1. The zero-order valence-corrected chi connectivity index (χ0v) is 20.6. The second-order valence-corrected chi connectivity index (χ2v) is 11.1. The Labute approximate surface area is 193 Å². The molecular formula is C24H38N2O5S. The van der Waals surface area contributed by atoms with Crippen LogP contribution in [0.25, 0.3) is 6.08 Å². The average Bonchev–Trinajstić information content (AvgIpc) is 2.76. The number of fused-ring (bicyclic) bond motifs is 1. The van der Waals surface area contributed by atoms with Gasteiger partial charge in [0.05, 0.1) is 6.61 Å². The van der Waals surface area contributed by atoms with Gasteiger partial charge in [-0.25, -0.2) is 8.42 Å². The Kier molecular flexibility index (Phi) is 8.75. The Morgan fingerprint density at radius 1 is 1.28 bits per heavy atom. The van der Waals surface area contributed by atoms with E-state index in [0.717, 1.165) is 38.2 Å². The van der Waals surface area contributed by atoms with Crippen LogP contribution in [-0.4, -0.2) is 81.4 Å². The van der Waals surface area contributed by atoms with Crippen molar-refractivity contribution >= 4 is 16.1 Å². The monoisotopic (exact) mass is 466 g/mol. The zero-order valence-electron chi connectivity index (χ0n) is 19.7. The van der Waals surface area contributed by atoms with Crippen molar-refractivity contribution in [3.63, 3.8) is 0 Å². The summed E-state index contributed by atoms with van der Waals surface area (Å²) in [6, 6.07) is 4.71. The molecule has 0 aliphatic carbocycles. The molecular weight excluding hydrogens is 428 g/mol. The van der Waals surface area contributed by atoms with Crippen molar-refractivity contribution in [3.8, 4) is 5.75 Å². The van der Waals surface area contributed by atoms with E-state index in [1.165, 1.54) is 4.31 Å². The standard InChI is InChI=1S/C24H38N2O5S/c1-5-6-20-7-8-24-22(13-20)31-23(16-25(4)15-21-9-11-30-12-10-21)18(2)14-26(19(3)17-27)32(24,28)29/h5-8,13,18-19,21,23,27H,9-12,14-17H2,1-4H3/b6-5+/t18-,19+,23-/m0/s1. The molecule has 2 heterocycles.